The van der Waals surface area contributed by atoms with Gasteiger partial charge in [-0.2, -0.15) is 0 Å². The fourth-order valence-electron chi connectivity index (χ4n) is 4.17. The lowest BCUT2D eigenvalue weighted by Gasteiger charge is -2.33. The molecule has 6 rings (SSSR count). The van der Waals surface area contributed by atoms with Crippen molar-refractivity contribution >= 4 is 22.4 Å². The zero-order chi connectivity index (χ0) is 19.4. The van der Waals surface area contributed by atoms with Crippen LogP contribution in [0, 0.1) is 0 Å². The molecule has 7 nitrogen and oxygen atoms in total. The normalized spacial score (nSPS) is 16.4. The standard InChI is InChI=1S/C22H17N5O2/c28-22(20-16-6-3-4-9-26(16)13-25-20)27-10-8-15-19(24-12-23-15)21(27)18-11-14-5-1-2-7-17(14)29-18/h1-7,9,11-13,21H,8,10H2,(H,23,24)/t21-/m1/s1. The number of H-pyrrole nitrogens is 1. The maximum absolute atomic E-state index is 13.6. The number of amides is 1. The molecule has 0 bridgehead atoms. The predicted octanol–water partition coefficient (Wildman–Crippen LogP) is 3.59. The molecule has 1 aliphatic heterocycles. The van der Waals surface area contributed by atoms with Crippen LogP contribution in [0.25, 0.3) is 16.5 Å². The number of pyridine rings is 1. The molecule has 0 saturated carbocycles. The number of carbonyl (C=O) groups excluding carboxylic acids is 1. The summed E-state index contributed by atoms with van der Waals surface area (Å²) in [5.41, 5.74) is 3.88. The number of aromatic amines is 1. The molecule has 29 heavy (non-hydrogen) atoms. The van der Waals surface area contributed by atoms with Gasteiger partial charge in [-0.3, -0.25) is 4.79 Å². The van der Waals surface area contributed by atoms with Gasteiger partial charge in [0, 0.05) is 30.2 Å². The zero-order valence-electron chi connectivity index (χ0n) is 15.4. The van der Waals surface area contributed by atoms with E-state index in [1.165, 1.54) is 0 Å². The fourth-order valence-corrected chi connectivity index (χ4v) is 4.17. The molecular weight excluding hydrogens is 366 g/mol. The minimum atomic E-state index is -0.398. The molecule has 7 heteroatoms. The summed E-state index contributed by atoms with van der Waals surface area (Å²) >= 11 is 0. The lowest BCUT2D eigenvalue weighted by molar-refractivity contribution is 0.0669. The van der Waals surface area contributed by atoms with Gasteiger partial charge in [-0.1, -0.05) is 24.3 Å². The Bertz CT molecular complexity index is 1330. The van der Waals surface area contributed by atoms with Crippen molar-refractivity contribution in [3.8, 4) is 0 Å². The summed E-state index contributed by atoms with van der Waals surface area (Å²) in [7, 11) is 0. The predicted molar refractivity (Wildman–Crippen MR) is 107 cm³/mol. The van der Waals surface area contributed by atoms with Gasteiger partial charge in [0.1, 0.15) is 23.7 Å². The number of furan rings is 1. The van der Waals surface area contributed by atoms with Crippen LogP contribution >= 0.6 is 0 Å². The molecule has 0 spiro atoms. The lowest BCUT2D eigenvalue weighted by Crippen LogP contribution is -2.40. The van der Waals surface area contributed by atoms with E-state index in [9.17, 15) is 4.79 Å². The largest absolute Gasteiger partial charge is 0.458 e. The van der Waals surface area contributed by atoms with Crippen molar-refractivity contribution < 1.29 is 9.21 Å². The van der Waals surface area contributed by atoms with E-state index in [1.54, 1.807) is 12.7 Å². The second kappa shape index (κ2) is 6.07. The Hall–Kier alpha value is -3.87. The molecule has 5 heterocycles. The first-order valence-electron chi connectivity index (χ1n) is 9.53. The van der Waals surface area contributed by atoms with Crippen molar-refractivity contribution in [1.29, 1.82) is 0 Å². The topological polar surface area (TPSA) is 79.4 Å². The average molecular weight is 383 g/mol. The summed E-state index contributed by atoms with van der Waals surface area (Å²) in [4.78, 5) is 27.5. The Morgan fingerprint density at radius 1 is 1.14 bits per heavy atom. The van der Waals surface area contributed by atoms with E-state index in [1.807, 2.05) is 64.0 Å². The number of nitrogens with zero attached hydrogens (tertiary/aromatic N) is 4. The fraction of sp³-hybridized carbons (Fsp3) is 0.136. The first-order valence-corrected chi connectivity index (χ1v) is 9.53. The van der Waals surface area contributed by atoms with Crippen LogP contribution in [0.2, 0.25) is 0 Å². The van der Waals surface area contributed by atoms with E-state index in [4.69, 9.17) is 4.42 Å². The van der Waals surface area contributed by atoms with Crippen molar-refractivity contribution in [2.45, 2.75) is 12.5 Å². The second-order valence-corrected chi connectivity index (χ2v) is 7.19. The van der Waals surface area contributed by atoms with Crippen molar-refractivity contribution in [2.24, 2.45) is 0 Å². The van der Waals surface area contributed by atoms with Crippen LogP contribution in [0.4, 0.5) is 0 Å². The third-order valence-electron chi connectivity index (χ3n) is 5.55. The van der Waals surface area contributed by atoms with E-state index in [0.29, 0.717) is 24.4 Å². The Balaban J connectivity index is 1.49. The Morgan fingerprint density at radius 2 is 2.03 bits per heavy atom. The summed E-state index contributed by atoms with van der Waals surface area (Å²) in [5, 5.41) is 1.00. The highest BCUT2D eigenvalue weighted by molar-refractivity contribution is 5.99. The maximum Gasteiger partial charge on any atom is 0.275 e. The molecule has 1 N–H and O–H groups in total. The molecule has 0 fully saturated rings. The minimum Gasteiger partial charge on any atom is -0.458 e. The van der Waals surface area contributed by atoms with Crippen LogP contribution < -0.4 is 0 Å². The summed E-state index contributed by atoms with van der Waals surface area (Å²) in [6.07, 6.45) is 5.95. The second-order valence-electron chi connectivity index (χ2n) is 7.19. The number of para-hydroxylation sites is 1. The molecule has 142 valence electrons. The van der Waals surface area contributed by atoms with E-state index in [0.717, 1.165) is 27.9 Å². The number of imidazole rings is 2. The van der Waals surface area contributed by atoms with Crippen LogP contribution in [-0.2, 0) is 6.42 Å². The number of carbonyl (C=O) groups is 1. The van der Waals surface area contributed by atoms with Gasteiger partial charge in [-0.05, 0) is 24.3 Å². The summed E-state index contributed by atoms with van der Waals surface area (Å²) in [6.45, 7) is 0.557. The number of nitrogens with one attached hydrogen (secondary N) is 1. The number of fused-ring (bicyclic) bond motifs is 3. The molecule has 1 atom stereocenters. The molecular formula is C22H17N5O2. The summed E-state index contributed by atoms with van der Waals surface area (Å²) in [6, 6.07) is 15.2. The van der Waals surface area contributed by atoms with Crippen LogP contribution in [0.3, 0.4) is 0 Å². The van der Waals surface area contributed by atoms with Gasteiger partial charge in [-0.15, -0.1) is 0 Å². The first-order chi connectivity index (χ1) is 14.3. The minimum absolute atomic E-state index is 0.127. The van der Waals surface area contributed by atoms with Crippen LogP contribution in [0.5, 0.6) is 0 Å². The molecule has 0 unspecified atom stereocenters. The van der Waals surface area contributed by atoms with Crippen molar-refractivity contribution in [1.82, 2.24) is 24.3 Å². The number of rotatable bonds is 2. The Kier molecular flexibility index (Phi) is 3.37. The molecule has 0 aliphatic carbocycles. The number of aromatic nitrogens is 4. The molecule has 1 amide bonds. The number of hydrogen-bond acceptors (Lipinski definition) is 4. The van der Waals surface area contributed by atoms with Gasteiger partial charge in [0.15, 0.2) is 5.69 Å². The van der Waals surface area contributed by atoms with Gasteiger partial charge in [0.05, 0.1) is 17.5 Å². The third kappa shape index (κ3) is 2.40. The zero-order valence-corrected chi connectivity index (χ0v) is 15.4. The number of benzene rings is 1. The van der Waals surface area contributed by atoms with Gasteiger partial charge in [0.25, 0.3) is 5.91 Å². The van der Waals surface area contributed by atoms with Crippen molar-refractivity contribution in [3.63, 3.8) is 0 Å². The SMILES string of the molecule is O=C(c1ncn2ccccc12)N1CCc2[nH]cnc2[C@H]1c1cc2ccccc2o1. The smallest absolute Gasteiger partial charge is 0.275 e. The average Bonchev–Trinajstić information content (AvgIpc) is 3.49. The highest BCUT2D eigenvalue weighted by Crippen LogP contribution is 2.37. The van der Waals surface area contributed by atoms with Crippen LogP contribution in [0.1, 0.15) is 33.7 Å². The monoisotopic (exact) mass is 383 g/mol. The van der Waals surface area contributed by atoms with Gasteiger partial charge < -0.3 is 18.7 Å². The maximum atomic E-state index is 13.6. The molecule has 0 radical (unpaired) electrons. The van der Waals surface area contributed by atoms with Crippen molar-refractivity contribution in [2.75, 3.05) is 6.54 Å². The summed E-state index contributed by atoms with van der Waals surface area (Å²) < 4.78 is 8.00. The Morgan fingerprint density at radius 3 is 2.97 bits per heavy atom. The molecule has 0 saturated heterocycles. The van der Waals surface area contributed by atoms with Gasteiger partial charge in [-0.25, -0.2) is 9.97 Å². The van der Waals surface area contributed by atoms with E-state index in [-0.39, 0.29) is 5.91 Å². The highest BCUT2D eigenvalue weighted by Gasteiger charge is 2.37. The third-order valence-corrected chi connectivity index (χ3v) is 5.55. The molecule has 5 aromatic rings. The molecule has 1 aromatic carbocycles. The quantitative estimate of drug-likeness (QED) is 0.505. The van der Waals surface area contributed by atoms with E-state index >= 15 is 0 Å². The molecule has 1 aliphatic rings. The van der Waals surface area contributed by atoms with Gasteiger partial charge >= 0.3 is 0 Å². The van der Waals surface area contributed by atoms with Crippen LogP contribution in [0.15, 0.2) is 71.8 Å². The first kappa shape index (κ1) is 16.1. The molecule has 4 aromatic heterocycles. The van der Waals surface area contributed by atoms with Crippen molar-refractivity contribution in [3.05, 3.63) is 90.2 Å². The number of hydrogen-bond donors (Lipinski definition) is 1. The van der Waals surface area contributed by atoms with Crippen LogP contribution in [-0.4, -0.2) is 36.7 Å². The van der Waals surface area contributed by atoms with Gasteiger partial charge in [0.2, 0.25) is 0 Å². The Labute approximate surface area is 165 Å². The van der Waals surface area contributed by atoms with E-state index < -0.39 is 6.04 Å². The van der Waals surface area contributed by atoms with E-state index in [2.05, 4.69) is 15.0 Å². The highest BCUT2D eigenvalue weighted by atomic mass is 16.3. The lowest BCUT2D eigenvalue weighted by atomic mass is 9.99. The summed E-state index contributed by atoms with van der Waals surface area (Å²) in [5.74, 6) is 0.578.